The number of hydrogen-bond acceptors (Lipinski definition) is 3. The van der Waals surface area contributed by atoms with E-state index in [0.717, 1.165) is 58.2 Å². The molecule has 0 aromatic rings. The first-order valence-electron chi connectivity index (χ1n) is 8.84. The largest absolute Gasteiger partial charge is 0.376 e. The summed E-state index contributed by atoms with van der Waals surface area (Å²) in [4.78, 5) is 14.4. The molecule has 1 saturated heterocycles. The Morgan fingerprint density at radius 2 is 2.00 bits per heavy atom. The van der Waals surface area contributed by atoms with Crippen molar-refractivity contribution in [2.75, 3.05) is 19.7 Å². The second-order valence-electron chi connectivity index (χ2n) is 6.79. The van der Waals surface area contributed by atoms with Gasteiger partial charge in [0.15, 0.2) is 0 Å². The van der Waals surface area contributed by atoms with Gasteiger partial charge in [-0.3, -0.25) is 4.79 Å². The van der Waals surface area contributed by atoms with E-state index in [0.29, 0.717) is 24.3 Å². The minimum Gasteiger partial charge on any atom is -0.376 e. The lowest BCUT2D eigenvalue weighted by Gasteiger charge is -2.33. The maximum absolute atomic E-state index is 12.4. The summed E-state index contributed by atoms with van der Waals surface area (Å²) in [5.74, 6) is 1.04. The van der Waals surface area contributed by atoms with Gasteiger partial charge in [0.25, 0.3) is 0 Å². The predicted octanol–water partition coefficient (Wildman–Crippen LogP) is 2.70. The minimum atomic E-state index is 0.260. The van der Waals surface area contributed by atoms with E-state index in [4.69, 9.17) is 10.5 Å². The lowest BCUT2D eigenvalue weighted by atomic mass is 9.83. The maximum Gasteiger partial charge on any atom is 0.222 e. The van der Waals surface area contributed by atoms with Crippen molar-refractivity contribution in [3.05, 3.63) is 0 Å². The molecule has 2 N–H and O–H groups in total. The van der Waals surface area contributed by atoms with Crippen LogP contribution < -0.4 is 5.73 Å². The van der Waals surface area contributed by atoms with Gasteiger partial charge < -0.3 is 15.4 Å². The van der Waals surface area contributed by atoms with Crippen LogP contribution in [-0.2, 0) is 9.53 Å². The quantitative estimate of drug-likeness (QED) is 0.820. The molecule has 4 heteroatoms. The third-order valence-corrected chi connectivity index (χ3v) is 4.95. The second-order valence-corrected chi connectivity index (χ2v) is 6.79. The van der Waals surface area contributed by atoms with Crippen molar-refractivity contribution in [1.82, 2.24) is 4.90 Å². The molecular formula is C17H32N2O2. The molecule has 1 amide bonds. The molecule has 2 rings (SSSR count). The fourth-order valence-corrected chi connectivity index (χ4v) is 3.55. The Morgan fingerprint density at radius 1 is 1.24 bits per heavy atom. The van der Waals surface area contributed by atoms with Gasteiger partial charge >= 0.3 is 0 Å². The highest BCUT2D eigenvalue weighted by molar-refractivity contribution is 5.76. The Bertz CT molecular complexity index is 314. The average Bonchev–Trinajstić information content (AvgIpc) is 2.52. The van der Waals surface area contributed by atoms with Crippen molar-refractivity contribution >= 4 is 5.91 Å². The molecule has 0 radical (unpaired) electrons. The Hall–Kier alpha value is -0.610. The summed E-state index contributed by atoms with van der Waals surface area (Å²) >= 11 is 0. The van der Waals surface area contributed by atoms with Crippen LogP contribution in [-0.4, -0.2) is 42.6 Å². The van der Waals surface area contributed by atoms with Crippen LogP contribution in [0.1, 0.15) is 64.7 Å². The molecule has 1 saturated carbocycles. The summed E-state index contributed by atoms with van der Waals surface area (Å²) < 4.78 is 5.81. The summed E-state index contributed by atoms with van der Waals surface area (Å²) in [6, 6.07) is 0.399. The van der Waals surface area contributed by atoms with Crippen LogP contribution in [0.4, 0.5) is 0 Å². The van der Waals surface area contributed by atoms with Crippen LogP contribution in [0, 0.1) is 5.92 Å². The minimum absolute atomic E-state index is 0.260. The van der Waals surface area contributed by atoms with Gasteiger partial charge in [-0.25, -0.2) is 0 Å². The smallest absolute Gasteiger partial charge is 0.222 e. The predicted molar refractivity (Wildman–Crippen MR) is 85.0 cm³/mol. The van der Waals surface area contributed by atoms with Crippen LogP contribution in [0.25, 0.3) is 0 Å². The van der Waals surface area contributed by atoms with Crippen molar-refractivity contribution in [2.45, 2.75) is 76.9 Å². The van der Waals surface area contributed by atoms with E-state index in [2.05, 4.69) is 6.92 Å². The molecule has 122 valence electrons. The number of ether oxygens (including phenoxy) is 1. The first-order valence-corrected chi connectivity index (χ1v) is 8.84. The molecule has 1 atom stereocenters. The van der Waals surface area contributed by atoms with Gasteiger partial charge in [-0.15, -0.1) is 0 Å². The Kier molecular flexibility index (Phi) is 6.97. The number of rotatable bonds is 6. The zero-order valence-corrected chi connectivity index (χ0v) is 13.6. The molecule has 1 unspecified atom stereocenters. The summed E-state index contributed by atoms with van der Waals surface area (Å²) in [5.41, 5.74) is 5.94. The van der Waals surface area contributed by atoms with Crippen LogP contribution in [0.3, 0.4) is 0 Å². The SMILES string of the molecule is CCCOC1CCCN(C(=O)CCC2CCC(N)CC2)C1. The van der Waals surface area contributed by atoms with Gasteiger partial charge in [0, 0.05) is 32.2 Å². The van der Waals surface area contributed by atoms with E-state index in [1.54, 1.807) is 0 Å². The molecule has 0 bridgehead atoms. The van der Waals surface area contributed by atoms with Crippen molar-refractivity contribution < 1.29 is 9.53 Å². The van der Waals surface area contributed by atoms with Gasteiger partial charge in [0.2, 0.25) is 5.91 Å². The van der Waals surface area contributed by atoms with Crippen LogP contribution in [0.5, 0.6) is 0 Å². The molecule has 2 aliphatic rings. The van der Waals surface area contributed by atoms with Gasteiger partial charge in [-0.05, 0) is 57.3 Å². The number of nitrogens with zero attached hydrogens (tertiary/aromatic N) is 1. The van der Waals surface area contributed by atoms with Crippen molar-refractivity contribution in [3.63, 3.8) is 0 Å². The number of nitrogens with two attached hydrogens (primary N) is 1. The molecule has 1 aliphatic carbocycles. The zero-order valence-electron chi connectivity index (χ0n) is 13.6. The Balaban J connectivity index is 1.67. The van der Waals surface area contributed by atoms with E-state index in [1.807, 2.05) is 4.90 Å². The van der Waals surface area contributed by atoms with E-state index < -0.39 is 0 Å². The maximum atomic E-state index is 12.4. The van der Waals surface area contributed by atoms with Gasteiger partial charge in [-0.2, -0.15) is 0 Å². The first-order chi connectivity index (χ1) is 10.2. The molecule has 2 fully saturated rings. The van der Waals surface area contributed by atoms with Gasteiger partial charge in [-0.1, -0.05) is 6.92 Å². The second kappa shape index (κ2) is 8.74. The van der Waals surface area contributed by atoms with E-state index in [1.165, 1.54) is 12.8 Å². The van der Waals surface area contributed by atoms with Crippen molar-refractivity contribution in [1.29, 1.82) is 0 Å². The van der Waals surface area contributed by atoms with E-state index in [-0.39, 0.29) is 6.10 Å². The zero-order chi connectivity index (χ0) is 15.1. The summed E-state index contributed by atoms with van der Waals surface area (Å²) in [6.07, 6.45) is 9.92. The van der Waals surface area contributed by atoms with Crippen LogP contribution in [0.15, 0.2) is 0 Å². The molecular weight excluding hydrogens is 264 g/mol. The third kappa shape index (κ3) is 5.59. The van der Waals surface area contributed by atoms with Gasteiger partial charge in [0.05, 0.1) is 6.10 Å². The molecule has 0 spiro atoms. The highest BCUT2D eigenvalue weighted by Crippen LogP contribution is 2.27. The number of hydrogen-bond donors (Lipinski definition) is 1. The molecule has 21 heavy (non-hydrogen) atoms. The van der Waals surface area contributed by atoms with Crippen molar-refractivity contribution in [2.24, 2.45) is 11.7 Å². The third-order valence-electron chi connectivity index (χ3n) is 4.95. The molecule has 1 aliphatic heterocycles. The summed E-state index contributed by atoms with van der Waals surface area (Å²) in [5, 5.41) is 0. The monoisotopic (exact) mass is 296 g/mol. The highest BCUT2D eigenvalue weighted by Gasteiger charge is 2.25. The lowest BCUT2D eigenvalue weighted by molar-refractivity contribution is -0.135. The van der Waals surface area contributed by atoms with Crippen molar-refractivity contribution in [3.8, 4) is 0 Å². The van der Waals surface area contributed by atoms with E-state index in [9.17, 15) is 4.79 Å². The lowest BCUT2D eigenvalue weighted by Crippen LogP contribution is -2.43. The average molecular weight is 296 g/mol. The fraction of sp³-hybridized carbons (Fsp3) is 0.941. The fourth-order valence-electron chi connectivity index (χ4n) is 3.55. The van der Waals surface area contributed by atoms with Crippen LogP contribution in [0.2, 0.25) is 0 Å². The van der Waals surface area contributed by atoms with E-state index >= 15 is 0 Å². The topological polar surface area (TPSA) is 55.6 Å². The Morgan fingerprint density at radius 3 is 2.71 bits per heavy atom. The standard InChI is InChI=1S/C17H32N2O2/c1-2-12-21-16-4-3-11-19(13-16)17(20)10-7-14-5-8-15(18)9-6-14/h14-16H,2-13,18H2,1H3. The summed E-state index contributed by atoms with van der Waals surface area (Å²) in [6.45, 7) is 4.66. The number of likely N-dealkylation sites (tertiary alicyclic amines) is 1. The number of amides is 1. The first kappa shape index (κ1) is 16.8. The van der Waals surface area contributed by atoms with Gasteiger partial charge in [0.1, 0.15) is 0 Å². The number of piperidine rings is 1. The van der Waals surface area contributed by atoms with Crippen LogP contribution >= 0.6 is 0 Å². The number of carbonyl (C=O) groups is 1. The molecule has 1 heterocycles. The molecule has 0 aromatic carbocycles. The number of carbonyl (C=O) groups excluding carboxylic acids is 1. The summed E-state index contributed by atoms with van der Waals surface area (Å²) in [7, 11) is 0. The molecule has 4 nitrogen and oxygen atoms in total. The molecule has 0 aromatic heterocycles. The normalized spacial score (nSPS) is 30.4. The Labute approximate surface area is 129 Å². The highest BCUT2D eigenvalue weighted by atomic mass is 16.5.